The summed E-state index contributed by atoms with van der Waals surface area (Å²) in [5.41, 5.74) is 0.814. The number of hydrogen-bond donors (Lipinski definition) is 2. The fraction of sp³-hybridized carbons (Fsp3) is 0.714. The molecule has 0 radical (unpaired) electrons. The average Bonchev–Trinajstić information content (AvgIpc) is 2.81. The van der Waals surface area contributed by atoms with E-state index in [1.54, 1.807) is 11.3 Å². The number of nitrogens with one attached hydrogen (secondary N) is 1. The first-order valence-electron chi connectivity index (χ1n) is 7.23. The Hall–Kier alpha value is -1.10. The molecule has 3 rings (SSSR count). The van der Waals surface area contributed by atoms with Gasteiger partial charge in [-0.15, -0.1) is 11.3 Å². The van der Waals surface area contributed by atoms with Gasteiger partial charge in [-0.25, -0.2) is 4.98 Å². The van der Waals surface area contributed by atoms with E-state index < -0.39 is 5.97 Å². The molecule has 0 bridgehead atoms. The number of anilines is 1. The Morgan fingerprint density at radius 1 is 1.21 bits per heavy atom. The summed E-state index contributed by atoms with van der Waals surface area (Å²) >= 11 is 1.66. The lowest BCUT2D eigenvalue weighted by Gasteiger charge is -2.15. The van der Waals surface area contributed by atoms with Crippen LogP contribution in [-0.4, -0.2) is 22.1 Å². The first-order valence-corrected chi connectivity index (χ1v) is 8.04. The molecule has 0 spiro atoms. The van der Waals surface area contributed by atoms with Crippen molar-refractivity contribution in [3.8, 4) is 0 Å². The van der Waals surface area contributed by atoms with Crippen LogP contribution in [0.4, 0.5) is 5.13 Å². The smallest absolute Gasteiger partial charge is 0.312 e. The van der Waals surface area contributed by atoms with Crippen molar-refractivity contribution >= 4 is 22.4 Å². The minimum atomic E-state index is -0.731. The Balaban J connectivity index is 1.69. The number of nitrogens with zero attached hydrogens (tertiary/aromatic N) is 1. The second kappa shape index (κ2) is 5.49. The SMILES string of the molecule is O=C(O)C1CCc2sc(NC3CCCCCC3)nc21. The summed E-state index contributed by atoms with van der Waals surface area (Å²) in [5.74, 6) is -1.11. The van der Waals surface area contributed by atoms with Crippen LogP contribution in [0.3, 0.4) is 0 Å². The van der Waals surface area contributed by atoms with Crippen LogP contribution in [-0.2, 0) is 11.2 Å². The predicted octanol–water partition coefficient (Wildman–Crippen LogP) is 3.39. The minimum absolute atomic E-state index is 0.379. The van der Waals surface area contributed by atoms with Crippen molar-refractivity contribution in [2.45, 2.75) is 63.3 Å². The van der Waals surface area contributed by atoms with Crippen LogP contribution in [0.5, 0.6) is 0 Å². The lowest BCUT2D eigenvalue weighted by Crippen LogP contribution is -2.18. The third-order valence-electron chi connectivity index (χ3n) is 4.20. The Morgan fingerprint density at radius 3 is 2.63 bits per heavy atom. The standard InChI is InChI=1S/C14H20N2O2S/c17-13(18)10-7-8-11-12(10)16-14(19-11)15-9-5-3-1-2-4-6-9/h9-10H,1-8H2,(H,15,16)(H,17,18). The Kier molecular flexibility index (Phi) is 3.73. The number of carbonyl (C=O) groups is 1. The van der Waals surface area contributed by atoms with Gasteiger partial charge in [0.05, 0.1) is 5.69 Å². The molecule has 2 aliphatic carbocycles. The van der Waals surface area contributed by atoms with Crippen LogP contribution in [0.15, 0.2) is 0 Å². The number of aryl methyl sites for hydroxylation is 1. The van der Waals surface area contributed by atoms with E-state index >= 15 is 0 Å². The number of carboxylic acids is 1. The van der Waals surface area contributed by atoms with Gasteiger partial charge in [0, 0.05) is 10.9 Å². The van der Waals surface area contributed by atoms with Gasteiger partial charge in [-0.2, -0.15) is 0 Å². The summed E-state index contributed by atoms with van der Waals surface area (Å²) < 4.78 is 0. The second-order valence-corrected chi connectivity index (χ2v) is 6.67. The van der Waals surface area contributed by atoms with Crippen molar-refractivity contribution in [3.05, 3.63) is 10.6 Å². The third-order valence-corrected chi connectivity index (χ3v) is 5.26. The minimum Gasteiger partial charge on any atom is -0.481 e. The maximum Gasteiger partial charge on any atom is 0.312 e. The van der Waals surface area contributed by atoms with Crippen LogP contribution in [0.25, 0.3) is 0 Å². The zero-order valence-corrected chi connectivity index (χ0v) is 11.8. The Morgan fingerprint density at radius 2 is 1.95 bits per heavy atom. The number of aliphatic carboxylic acids is 1. The van der Waals surface area contributed by atoms with Gasteiger partial charge in [-0.05, 0) is 25.7 Å². The highest BCUT2D eigenvalue weighted by molar-refractivity contribution is 7.15. The highest BCUT2D eigenvalue weighted by atomic mass is 32.1. The topological polar surface area (TPSA) is 62.2 Å². The van der Waals surface area contributed by atoms with Crippen molar-refractivity contribution in [3.63, 3.8) is 0 Å². The molecular weight excluding hydrogens is 260 g/mol. The van der Waals surface area contributed by atoms with Crippen LogP contribution in [0.1, 0.15) is 61.4 Å². The highest BCUT2D eigenvalue weighted by Gasteiger charge is 2.32. The lowest BCUT2D eigenvalue weighted by atomic mass is 10.1. The molecule has 0 aromatic carbocycles. The van der Waals surface area contributed by atoms with Gasteiger partial charge >= 0.3 is 5.97 Å². The first-order chi connectivity index (χ1) is 9.24. The zero-order valence-electron chi connectivity index (χ0n) is 11.0. The molecule has 2 N–H and O–H groups in total. The van der Waals surface area contributed by atoms with E-state index in [1.807, 2.05) is 0 Å². The number of rotatable bonds is 3. The molecule has 5 heteroatoms. The molecular formula is C14H20N2O2S. The normalized spacial score (nSPS) is 23.9. The molecule has 19 heavy (non-hydrogen) atoms. The Labute approximate surface area is 117 Å². The molecule has 1 heterocycles. The molecule has 1 atom stereocenters. The molecule has 1 aromatic rings. The average molecular weight is 280 g/mol. The van der Waals surface area contributed by atoms with Crippen LogP contribution < -0.4 is 5.32 Å². The molecule has 0 aliphatic heterocycles. The van der Waals surface area contributed by atoms with Gasteiger partial charge in [-0.3, -0.25) is 4.79 Å². The first kappa shape index (κ1) is 12.9. The predicted molar refractivity (Wildman–Crippen MR) is 75.9 cm³/mol. The van der Waals surface area contributed by atoms with E-state index in [4.69, 9.17) is 0 Å². The number of aromatic nitrogens is 1. The molecule has 1 fully saturated rings. The van der Waals surface area contributed by atoms with Crippen LogP contribution in [0.2, 0.25) is 0 Å². The quantitative estimate of drug-likeness (QED) is 0.833. The van der Waals surface area contributed by atoms with Gasteiger partial charge in [-0.1, -0.05) is 25.7 Å². The van der Waals surface area contributed by atoms with E-state index in [0.29, 0.717) is 12.5 Å². The van der Waals surface area contributed by atoms with E-state index in [0.717, 1.165) is 17.2 Å². The number of thiazole rings is 1. The van der Waals surface area contributed by atoms with E-state index in [-0.39, 0.29) is 5.92 Å². The molecule has 4 nitrogen and oxygen atoms in total. The van der Waals surface area contributed by atoms with Crippen molar-refractivity contribution in [1.29, 1.82) is 0 Å². The number of hydrogen-bond acceptors (Lipinski definition) is 4. The summed E-state index contributed by atoms with van der Waals surface area (Å²) in [6.07, 6.45) is 9.28. The van der Waals surface area contributed by atoms with E-state index in [9.17, 15) is 9.90 Å². The van der Waals surface area contributed by atoms with Gasteiger partial charge in [0.15, 0.2) is 5.13 Å². The molecule has 1 saturated carbocycles. The maximum atomic E-state index is 11.2. The Bertz CT molecular complexity index is 464. The van der Waals surface area contributed by atoms with Gasteiger partial charge in [0.2, 0.25) is 0 Å². The largest absolute Gasteiger partial charge is 0.481 e. The van der Waals surface area contributed by atoms with Crippen molar-refractivity contribution in [2.24, 2.45) is 0 Å². The van der Waals surface area contributed by atoms with Crippen LogP contribution >= 0.6 is 11.3 Å². The molecule has 1 aromatic heterocycles. The summed E-state index contributed by atoms with van der Waals surface area (Å²) in [6.45, 7) is 0. The van der Waals surface area contributed by atoms with Gasteiger partial charge in [0.1, 0.15) is 5.92 Å². The van der Waals surface area contributed by atoms with E-state index in [2.05, 4.69) is 10.3 Å². The maximum absolute atomic E-state index is 11.2. The van der Waals surface area contributed by atoms with Crippen molar-refractivity contribution in [2.75, 3.05) is 5.32 Å². The highest BCUT2D eigenvalue weighted by Crippen LogP contribution is 2.38. The fourth-order valence-corrected chi connectivity index (χ4v) is 4.24. The fourth-order valence-electron chi connectivity index (χ4n) is 3.13. The molecule has 0 saturated heterocycles. The molecule has 0 amide bonds. The lowest BCUT2D eigenvalue weighted by molar-refractivity contribution is -0.138. The zero-order chi connectivity index (χ0) is 13.2. The van der Waals surface area contributed by atoms with Gasteiger partial charge < -0.3 is 10.4 Å². The molecule has 104 valence electrons. The number of fused-ring (bicyclic) bond motifs is 1. The summed E-state index contributed by atoms with van der Waals surface area (Å²) in [4.78, 5) is 16.9. The molecule has 1 unspecified atom stereocenters. The summed E-state index contributed by atoms with van der Waals surface area (Å²) in [7, 11) is 0. The van der Waals surface area contributed by atoms with E-state index in [1.165, 1.54) is 43.4 Å². The van der Waals surface area contributed by atoms with Crippen molar-refractivity contribution < 1.29 is 9.90 Å². The second-order valence-electron chi connectivity index (χ2n) is 5.59. The summed E-state index contributed by atoms with van der Waals surface area (Å²) in [6, 6.07) is 0.525. The third kappa shape index (κ3) is 2.76. The van der Waals surface area contributed by atoms with Gasteiger partial charge in [0.25, 0.3) is 0 Å². The van der Waals surface area contributed by atoms with Crippen LogP contribution in [0, 0.1) is 0 Å². The van der Waals surface area contributed by atoms with Crippen molar-refractivity contribution in [1.82, 2.24) is 4.98 Å². The monoisotopic (exact) mass is 280 g/mol. The molecule has 2 aliphatic rings. The summed E-state index contributed by atoms with van der Waals surface area (Å²) in [5, 5.41) is 13.6. The number of carboxylic acid groups (broad SMARTS) is 1.